The Bertz CT molecular complexity index is 730. The zero-order valence-electron chi connectivity index (χ0n) is 15.3. The fraction of sp³-hybridized carbons (Fsp3) is 0.526. The van der Waals surface area contributed by atoms with Crippen molar-refractivity contribution in [3.63, 3.8) is 0 Å². The molecule has 2 N–H and O–H groups in total. The minimum absolute atomic E-state index is 0.232. The Kier molecular flexibility index (Phi) is 5.88. The number of oxazole rings is 1. The molecule has 2 heterocycles. The van der Waals surface area contributed by atoms with Gasteiger partial charge in [0, 0.05) is 12.5 Å². The van der Waals surface area contributed by atoms with E-state index in [1.54, 1.807) is 0 Å². The first kappa shape index (κ1) is 18.4. The van der Waals surface area contributed by atoms with Crippen LogP contribution in [-0.2, 0) is 4.79 Å². The summed E-state index contributed by atoms with van der Waals surface area (Å²) in [4.78, 5) is 30.3. The quantitative estimate of drug-likeness (QED) is 0.857. The molecule has 7 heteroatoms. The molecule has 0 bridgehead atoms. The van der Waals surface area contributed by atoms with Gasteiger partial charge in [0.15, 0.2) is 11.5 Å². The van der Waals surface area contributed by atoms with E-state index in [0.717, 1.165) is 42.9 Å². The van der Waals surface area contributed by atoms with Gasteiger partial charge < -0.3 is 9.73 Å². The molecule has 0 atom stereocenters. The molecule has 3 amide bonds. The maximum absolute atomic E-state index is 12.0. The molecule has 1 aromatic heterocycles. The first-order chi connectivity index (χ1) is 12.5. The van der Waals surface area contributed by atoms with Crippen molar-refractivity contribution < 1.29 is 14.0 Å². The van der Waals surface area contributed by atoms with Crippen molar-refractivity contribution in [2.75, 3.05) is 26.2 Å². The first-order valence-electron chi connectivity index (χ1n) is 9.16. The van der Waals surface area contributed by atoms with Crippen molar-refractivity contribution in [3.05, 3.63) is 30.2 Å². The molecule has 3 rings (SSSR count). The summed E-state index contributed by atoms with van der Waals surface area (Å²) in [5.41, 5.74) is 1.70. The van der Waals surface area contributed by atoms with E-state index in [1.165, 1.54) is 0 Å². The van der Waals surface area contributed by atoms with Crippen molar-refractivity contribution in [1.29, 1.82) is 0 Å². The Hall–Kier alpha value is -2.41. The summed E-state index contributed by atoms with van der Waals surface area (Å²) >= 11 is 0. The lowest BCUT2D eigenvalue weighted by molar-refractivity contribution is -0.121. The normalized spacial score (nSPS) is 16.1. The lowest BCUT2D eigenvalue weighted by Crippen LogP contribution is -2.46. The second kappa shape index (κ2) is 8.31. The molecule has 26 heavy (non-hydrogen) atoms. The van der Waals surface area contributed by atoms with Gasteiger partial charge in [0.1, 0.15) is 5.52 Å². The van der Waals surface area contributed by atoms with Gasteiger partial charge in [0.25, 0.3) is 0 Å². The molecular weight excluding hydrogens is 332 g/mol. The highest BCUT2D eigenvalue weighted by Crippen LogP contribution is 2.29. The van der Waals surface area contributed by atoms with Crippen LogP contribution in [0.3, 0.4) is 0 Å². The third-order valence-electron chi connectivity index (χ3n) is 4.54. The van der Waals surface area contributed by atoms with Crippen LogP contribution in [0.15, 0.2) is 28.7 Å². The van der Waals surface area contributed by atoms with Crippen LogP contribution in [0.2, 0.25) is 0 Å². The van der Waals surface area contributed by atoms with Crippen LogP contribution in [0.4, 0.5) is 4.79 Å². The van der Waals surface area contributed by atoms with Crippen molar-refractivity contribution in [2.45, 2.75) is 32.6 Å². The molecule has 0 saturated carbocycles. The Morgan fingerprint density at radius 1 is 1.27 bits per heavy atom. The first-order valence-corrected chi connectivity index (χ1v) is 9.16. The molecule has 0 radical (unpaired) electrons. The number of nitrogens with one attached hydrogen (secondary N) is 2. The SMILES string of the molecule is CC(C)CNC(=O)NC(=O)CN1CCC(c2nc3ccccc3o2)CC1. The number of nitrogens with zero attached hydrogens (tertiary/aromatic N) is 2. The molecule has 0 spiro atoms. The van der Waals surface area contributed by atoms with Crippen LogP contribution < -0.4 is 10.6 Å². The topological polar surface area (TPSA) is 87.5 Å². The van der Waals surface area contributed by atoms with Crippen molar-refractivity contribution in [1.82, 2.24) is 20.5 Å². The number of benzene rings is 1. The fourth-order valence-electron chi connectivity index (χ4n) is 3.11. The summed E-state index contributed by atoms with van der Waals surface area (Å²) in [6, 6.07) is 7.34. The van der Waals surface area contributed by atoms with Gasteiger partial charge in [0.2, 0.25) is 5.91 Å². The number of amides is 3. The van der Waals surface area contributed by atoms with Crippen molar-refractivity contribution >= 4 is 23.0 Å². The lowest BCUT2D eigenvalue weighted by Gasteiger charge is -2.29. The zero-order valence-corrected chi connectivity index (χ0v) is 15.3. The second-order valence-corrected chi connectivity index (χ2v) is 7.22. The molecule has 0 unspecified atom stereocenters. The third-order valence-corrected chi connectivity index (χ3v) is 4.54. The standard InChI is InChI=1S/C19H26N4O3/c1-13(2)11-20-19(25)22-17(24)12-23-9-7-14(8-10-23)18-21-15-5-3-4-6-16(15)26-18/h3-6,13-14H,7-12H2,1-2H3,(H2,20,22,24,25). The third kappa shape index (κ3) is 4.82. The number of hydrogen-bond acceptors (Lipinski definition) is 5. The van der Waals surface area contributed by atoms with Crippen LogP contribution in [0.1, 0.15) is 38.5 Å². The molecule has 1 saturated heterocycles. The average Bonchev–Trinajstić information content (AvgIpc) is 3.04. The van der Waals surface area contributed by atoms with E-state index in [4.69, 9.17) is 4.42 Å². The van der Waals surface area contributed by atoms with E-state index in [-0.39, 0.29) is 18.4 Å². The monoisotopic (exact) mass is 358 g/mol. The van der Waals surface area contributed by atoms with Gasteiger partial charge in [-0.05, 0) is 44.0 Å². The molecule has 7 nitrogen and oxygen atoms in total. The van der Waals surface area contributed by atoms with Crippen LogP contribution >= 0.6 is 0 Å². The lowest BCUT2D eigenvalue weighted by atomic mass is 9.97. The van der Waals surface area contributed by atoms with Gasteiger partial charge in [-0.2, -0.15) is 0 Å². The number of likely N-dealkylation sites (tertiary alicyclic amines) is 1. The van der Waals surface area contributed by atoms with Crippen LogP contribution in [0, 0.1) is 5.92 Å². The predicted octanol–water partition coefficient (Wildman–Crippen LogP) is 2.49. The summed E-state index contributed by atoms with van der Waals surface area (Å²) < 4.78 is 5.86. The Balaban J connectivity index is 1.44. The summed E-state index contributed by atoms with van der Waals surface area (Å²) in [6.45, 7) is 6.35. The molecular formula is C19H26N4O3. The highest BCUT2D eigenvalue weighted by molar-refractivity contribution is 5.95. The number of fused-ring (bicyclic) bond motifs is 1. The predicted molar refractivity (Wildman–Crippen MR) is 98.8 cm³/mol. The second-order valence-electron chi connectivity index (χ2n) is 7.22. The van der Waals surface area contributed by atoms with Gasteiger partial charge in [-0.1, -0.05) is 26.0 Å². The molecule has 1 aliphatic heterocycles. The minimum atomic E-state index is -0.426. The molecule has 1 aliphatic rings. The molecule has 2 aromatic rings. The van der Waals surface area contributed by atoms with Gasteiger partial charge in [0.05, 0.1) is 6.54 Å². The largest absolute Gasteiger partial charge is 0.440 e. The van der Waals surface area contributed by atoms with E-state index in [2.05, 4.69) is 20.5 Å². The smallest absolute Gasteiger partial charge is 0.321 e. The van der Waals surface area contributed by atoms with Gasteiger partial charge in [-0.15, -0.1) is 0 Å². The van der Waals surface area contributed by atoms with E-state index in [1.807, 2.05) is 38.1 Å². The summed E-state index contributed by atoms with van der Waals surface area (Å²) in [6.07, 6.45) is 1.78. The maximum Gasteiger partial charge on any atom is 0.321 e. The molecule has 140 valence electrons. The van der Waals surface area contributed by atoms with Crippen LogP contribution in [0.5, 0.6) is 0 Å². The van der Waals surface area contributed by atoms with Crippen molar-refractivity contribution in [3.8, 4) is 0 Å². The number of rotatable bonds is 5. The van der Waals surface area contributed by atoms with Crippen molar-refractivity contribution in [2.24, 2.45) is 5.92 Å². The summed E-state index contributed by atoms with van der Waals surface area (Å²) in [5, 5.41) is 5.06. The zero-order chi connectivity index (χ0) is 18.5. The fourth-order valence-corrected chi connectivity index (χ4v) is 3.11. The maximum atomic E-state index is 12.0. The number of imide groups is 1. The number of carbonyl (C=O) groups is 2. The summed E-state index contributed by atoms with van der Waals surface area (Å²) in [7, 11) is 0. The Labute approximate surface area is 153 Å². The van der Waals surface area contributed by atoms with E-state index >= 15 is 0 Å². The number of hydrogen-bond donors (Lipinski definition) is 2. The molecule has 1 aromatic carbocycles. The van der Waals surface area contributed by atoms with Gasteiger partial charge in [-0.3, -0.25) is 15.0 Å². The molecule has 1 fully saturated rings. The molecule has 0 aliphatic carbocycles. The number of aromatic nitrogens is 1. The highest BCUT2D eigenvalue weighted by atomic mass is 16.3. The average molecular weight is 358 g/mol. The van der Waals surface area contributed by atoms with E-state index in [0.29, 0.717) is 12.5 Å². The van der Waals surface area contributed by atoms with Gasteiger partial charge in [-0.25, -0.2) is 9.78 Å². The number of para-hydroxylation sites is 2. The van der Waals surface area contributed by atoms with E-state index < -0.39 is 6.03 Å². The minimum Gasteiger partial charge on any atom is -0.440 e. The van der Waals surface area contributed by atoms with Gasteiger partial charge >= 0.3 is 6.03 Å². The Morgan fingerprint density at radius 2 is 2.00 bits per heavy atom. The summed E-state index contributed by atoms with van der Waals surface area (Å²) in [5.74, 6) is 1.13. The number of urea groups is 1. The number of carbonyl (C=O) groups excluding carboxylic acids is 2. The Morgan fingerprint density at radius 3 is 2.69 bits per heavy atom. The van der Waals surface area contributed by atoms with Crippen LogP contribution in [-0.4, -0.2) is 48.0 Å². The van der Waals surface area contributed by atoms with Crippen LogP contribution in [0.25, 0.3) is 11.1 Å². The highest BCUT2D eigenvalue weighted by Gasteiger charge is 2.25. The van der Waals surface area contributed by atoms with E-state index in [9.17, 15) is 9.59 Å². The number of piperidine rings is 1.